The van der Waals surface area contributed by atoms with E-state index in [4.69, 9.17) is 26.2 Å². The van der Waals surface area contributed by atoms with E-state index in [-0.39, 0.29) is 12.6 Å². The lowest BCUT2D eigenvalue weighted by Gasteiger charge is -2.34. The van der Waals surface area contributed by atoms with Crippen molar-refractivity contribution in [1.82, 2.24) is 9.80 Å². The molecule has 7 heteroatoms. The molecule has 0 bridgehead atoms. The fourth-order valence-electron chi connectivity index (χ4n) is 2.59. The largest absolute Gasteiger partial charge is 0.492 e. The zero-order chi connectivity index (χ0) is 16.7. The van der Waals surface area contributed by atoms with E-state index in [0.29, 0.717) is 24.8 Å². The van der Waals surface area contributed by atoms with Crippen LogP contribution in [0.1, 0.15) is 0 Å². The highest BCUT2D eigenvalue weighted by molar-refractivity contribution is 6.30. The van der Waals surface area contributed by atoms with Gasteiger partial charge in [-0.1, -0.05) is 17.7 Å². The maximum Gasteiger partial charge on any atom is 0.317 e. The second kappa shape index (κ2) is 9.08. The van der Waals surface area contributed by atoms with E-state index < -0.39 is 5.97 Å². The van der Waals surface area contributed by atoms with Crippen LogP contribution < -0.4 is 4.74 Å². The molecule has 1 aromatic carbocycles. The monoisotopic (exact) mass is 342 g/mol. The molecule has 1 fully saturated rings. The lowest BCUT2D eigenvalue weighted by Crippen LogP contribution is -2.48. The Bertz CT molecular complexity index is 515. The number of halogens is 1. The minimum Gasteiger partial charge on any atom is -0.492 e. The number of hydrogen-bond acceptors (Lipinski definition) is 5. The summed E-state index contributed by atoms with van der Waals surface area (Å²) in [4.78, 5) is 14.7. The molecule has 0 radical (unpaired) electrons. The van der Waals surface area contributed by atoms with Crippen molar-refractivity contribution in [2.24, 2.45) is 0 Å². The van der Waals surface area contributed by atoms with Crippen LogP contribution in [0.3, 0.4) is 0 Å². The van der Waals surface area contributed by atoms with Crippen molar-refractivity contribution in [1.29, 1.82) is 0 Å². The second-order valence-electron chi connectivity index (χ2n) is 5.69. The maximum atomic E-state index is 10.7. The number of morpholine rings is 1. The van der Waals surface area contributed by atoms with Gasteiger partial charge in [-0.3, -0.25) is 14.6 Å². The molecule has 0 amide bonds. The predicted octanol–water partition coefficient (Wildman–Crippen LogP) is 1.44. The Labute approximate surface area is 141 Å². The highest BCUT2D eigenvalue weighted by Gasteiger charge is 2.22. The molecule has 1 unspecified atom stereocenters. The van der Waals surface area contributed by atoms with E-state index in [1.165, 1.54) is 0 Å². The molecule has 1 atom stereocenters. The summed E-state index contributed by atoms with van der Waals surface area (Å²) in [6, 6.07) is 7.36. The molecular formula is C16H23ClN2O4. The first-order valence-corrected chi connectivity index (χ1v) is 8.03. The van der Waals surface area contributed by atoms with Crippen molar-refractivity contribution < 1.29 is 19.4 Å². The third-order valence-electron chi connectivity index (χ3n) is 3.62. The van der Waals surface area contributed by atoms with Gasteiger partial charge in [-0.25, -0.2) is 0 Å². The van der Waals surface area contributed by atoms with E-state index in [0.717, 1.165) is 25.4 Å². The lowest BCUT2D eigenvalue weighted by atomic mass is 10.2. The average Bonchev–Trinajstić information content (AvgIpc) is 2.46. The first-order valence-electron chi connectivity index (χ1n) is 7.65. The topological polar surface area (TPSA) is 62.2 Å². The number of carboxylic acid groups (broad SMARTS) is 1. The first kappa shape index (κ1) is 18.0. The van der Waals surface area contributed by atoms with E-state index >= 15 is 0 Å². The molecule has 23 heavy (non-hydrogen) atoms. The number of carbonyl (C=O) groups is 1. The van der Waals surface area contributed by atoms with E-state index in [1.807, 2.05) is 18.2 Å². The summed E-state index contributed by atoms with van der Waals surface area (Å²) in [5.41, 5.74) is 0. The van der Waals surface area contributed by atoms with Crippen LogP contribution in [-0.4, -0.2) is 80.0 Å². The van der Waals surface area contributed by atoms with Crippen molar-refractivity contribution >= 4 is 17.6 Å². The fourth-order valence-corrected chi connectivity index (χ4v) is 2.77. The Balaban J connectivity index is 1.70. The molecule has 1 aromatic rings. The normalized spacial score (nSPS) is 19.0. The number of carboxylic acids is 1. The molecule has 1 aliphatic rings. The van der Waals surface area contributed by atoms with Gasteiger partial charge in [0.2, 0.25) is 0 Å². The Morgan fingerprint density at radius 1 is 1.57 bits per heavy atom. The van der Waals surface area contributed by atoms with Gasteiger partial charge in [0, 0.05) is 31.2 Å². The molecule has 6 nitrogen and oxygen atoms in total. The SMILES string of the molecule is CN(CC(=O)O)CC1CN(CCOc2cccc(Cl)c2)CCO1. The van der Waals surface area contributed by atoms with Crippen molar-refractivity contribution in [2.45, 2.75) is 6.10 Å². The van der Waals surface area contributed by atoms with Gasteiger partial charge < -0.3 is 14.6 Å². The first-order chi connectivity index (χ1) is 11.0. The number of benzene rings is 1. The van der Waals surface area contributed by atoms with E-state index in [2.05, 4.69) is 4.90 Å². The Kier molecular flexibility index (Phi) is 7.11. The van der Waals surface area contributed by atoms with E-state index in [1.54, 1.807) is 18.0 Å². The third kappa shape index (κ3) is 6.74. The quantitative estimate of drug-likeness (QED) is 0.771. The van der Waals surface area contributed by atoms with Gasteiger partial charge in [0.25, 0.3) is 0 Å². The van der Waals surface area contributed by atoms with Crippen molar-refractivity contribution in [3.63, 3.8) is 0 Å². The van der Waals surface area contributed by atoms with Crippen LogP contribution in [0.4, 0.5) is 0 Å². The predicted molar refractivity (Wildman–Crippen MR) is 88.3 cm³/mol. The minimum atomic E-state index is -0.824. The van der Waals surface area contributed by atoms with Gasteiger partial charge in [0.05, 0.1) is 19.3 Å². The van der Waals surface area contributed by atoms with Crippen LogP contribution in [-0.2, 0) is 9.53 Å². The molecular weight excluding hydrogens is 320 g/mol. The van der Waals surface area contributed by atoms with Crippen LogP contribution in [0.5, 0.6) is 5.75 Å². The summed E-state index contributed by atoms with van der Waals surface area (Å²) in [5.74, 6) is -0.0569. The second-order valence-corrected chi connectivity index (χ2v) is 6.13. The van der Waals surface area contributed by atoms with E-state index in [9.17, 15) is 4.79 Å². The molecule has 128 valence electrons. The van der Waals surface area contributed by atoms with Gasteiger partial charge in [-0.15, -0.1) is 0 Å². The zero-order valence-electron chi connectivity index (χ0n) is 13.3. The molecule has 1 saturated heterocycles. The molecule has 2 rings (SSSR count). The summed E-state index contributed by atoms with van der Waals surface area (Å²) in [7, 11) is 1.79. The number of ether oxygens (including phenoxy) is 2. The highest BCUT2D eigenvalue weighted by atomic mass is 35.5. The number of hydrogen-bond donors (Lipinski definition) is 1. The standard InChI is InChI=1S/C16H23ClN2O4/c1-18(12-16(20)21)10-15-11-19(6-8-23-15)5-7-22-14-4-2-3-13(17)9-14/h2-4,9,15H,5-8,10-12H2,1H3,(H,20,21). The van der Waals surface area contributed by atoms with Crippen LogP contribution in [0.25, 0.3) is 0 Å². The van der Waals surface area contributed by atoms with Gasteiger partial charge in [0.1, 0.15) is 12.4 Å². The summed E-state index contributed by atoms with van der Waals surface area (Å²) < 4.78 is 11.4. The van der Waals surface area contributed by atoms with Gasteiger partial charge in [-0.2, -0.15) is 0 Å². The third-order valence-corrected chi connectivity index (χ3v) is 3.85. The fraction of sp³-hybridized carbons (Fsp3) is 0.562. The molecule has 0 aliphatic carbocycles. The highest BCUT2D eigenvalue weighted by Crippen LogP contribution is 2.17. The smallest absolute Gasteiger partial charge is 0.317 e. The summed E-state index contributed by atoms with van der Waals surface area (Å²) in [5, 5.41) is 9.45. The number of likely N-dealkylation sites (N-methyl/N-ethyl adjacent to an activating group) is 1. The number of aliphatic carboxylic acids is 1. The Morgan fingerprint density at radius 2 is 2.39 bits per heavy atom. The van der Waals surface area contributed by atoms with Crippen molar-refractivity contribution in [2.75, 3.05) is 53.0 Å². The van der Waals surface area contributed by atoms with Crippen LogP contribution in [0.2, 0.25) is 5.02 Å². The van der Waals surface area contributed by atoms with Crippen LogP contribution in [0.15, 0.2) is 24.3 Å². The number of rotatable bonds is 8. The van der Waals surface area contributed by atoms with Gasteiger partial charge >= 0.3 is 5.97 Å². The molecule has 0 spiro atoms. The summed E-state index contributed by atoms with van der Waals surface area (Å²) >= 11 is 5.92. The lowest BCUT2D eigenvalue weighted by molar-refractivity contribution is -0.138. The molecule has 1 heterocycles. The summed E-state index contributed by atoms with van der Waals surface area (Å²) in [6.45, 7) is 4.31. The van der Waals surface area contributed by atoms with Crippen LogP contribution in [0, 0.1) is 0 Å². The minimum absolute atomic E-state index is 0.0255. The molecule has 1 N–H and O–H groups in total. The maximum absolute atomic E-state index is 10.7. The molecule has 1 aliphatic heterocycles. The van der Waals surface area contributed by atoms with Crippen molar-refractivity contribution in [3.05, 3.63) is 29.3 Å². The molecule has 0 aromatic heterocycles. The van der Waals surface area contributed by atoms with Gasteiger partial charge in [0.15, 0.2) is 0 Å². The van der Waals surface area contributed by atoms with Gasteiger partial charge in [-0.05, 0) is 25.2 Å². The van der Waals surface area contributed by atoms with Crippen molar-refractivity contribution in [3.8, 4) is 5.75 Å². The zero-order valence-corrected chi connectivity index (χ0v) is 14.0. The average molecular weight is 343 g/mol. The Hall–Kier alpha value is -1.34. The Morgan fingerprint density at radius 3 is 3.13 bits per heavy atom. The van der Waals surface area contributed by atoms with Crippen LogP contribution >= 0.6 is 11.6 Å². The summed E-state index contributed by atoms with van der Waals surface area (Å²) in [6.07, 6.45) is 0.0271. The molecule has 0 saturated carbocycles. The number of nitrogens with zero attached hydrogens (tertiary/aromatic N) is 2.